The molecule has 2 aliphatic heterocycles. The van der Waals surface area contributed by atoms with Gasteiger partial charge in [0.2, 0.25) is 17.7 Å². The number of hydrogen-bond donors (Lipinski definition) is 3. The first-order valence-corrected chi connectivity index (χ1v) is 14.7. The molecule has 0 bridgehead atoms. The molecule has 2 aliphatic rings. The highest BCUT2D eigenvalue weighted by molar-refractivity contribution is 6.36. The normalized spacial score (nSPS) is 20.5. The van der Waals surface area contributed by atoms with E-state index in [1.54, 1.807) is 20.2 Å². The van der Waals surface area contributed by atoms with Crippen LogP contribution in [0.5, 0.6) is 5.88 Å². The van der Waals surface area contributed by atoms with Crippen LogP contribution in [0.2, 0.25) is 5.02 Å². The summed E-state index contributed by atoms with van der Waals surface area (Å²) in [6.45, 7) is 3.26. The van der Waals surface area contributed by atoms with Crippen molar-refractivity contribution in [1.82, 2.24) is 20.1 Å². The quantitative estimate of drug-likeness (QED) is 0.324. The van der Waals surface area contributed by atoms with E-state index in [2.05, 4.69) is 10.6 Å². The number of rotatable bonds is 8. The number of halogens is 1. The zero-order chi connectivity index (χ0) is 31.5. The van der Waals surface area contributed by atoms with E-state index in [-0.39, 0.29) is 12.6 Å². The highest BCUT2D eigenvalue weighted by atomic mass is 35.5. The molecule has 2 fully saturated rings. The second kappa shape index (κ2) is 13.3. The van der Waals surface area contributed by atoms with Gasteiger partial charge >= 0.3 is 6.03 Å². The highest BCUT2D eigenvalue weighted by Gasteiger charge is 2.39. The average molecular weight is 622 g/mol. The molecular formula is C32H36ClN5O6. The topological polar surface area (TPSA) is 133 Å². The summed E-state index contributed by atoms with van der Waals surface area (Å²) in [4.78, 5) is 45.0. The lowest BCUT2D eigenvalue weighted by Gasteiger charge is -2.33. The Morgan fingerprint density at radius 2 is 1.84 bits per heavy atom. The molecule has 0 saturated carbocycles. The number of nitrogens with one attached hydrogen (secondary N) is 2. The fraction of sp³-hybridized carbons (Fsp3) is 0.375. The van der Waals surface area contributed by atoms with Gasteiger partial charge < -0.3 is 30.1 Å². The number of aliphatic hydroxyl groups excluding tert-OH is 1. The molecule has 3 aromatic rings. The minimum Gasteiger partial charge on any atom is -0.481 e. The Morgan fingerprint density at radius 1 is 1.11 bits per heavy atom. The van der Waals surface area contributed by atoms with Crippen molar-refractivity contribution >= 4 is 35.1 Å². The molecular weight excluding hydrogens is 586 g/mol. The van der Waals surface area contributed by atoms with Crippen LogP contribution < -0.4 is 15.4 Å². The van der Waals surface area contributed by atoms with Gasteiger partial charge in [0.1, 0.15) is 5.92 Å². The fourth-order valence-corrected chi connectivity index (χ4v) is 5.89. The lowest BCUT2D eigenvalue weighted by atomic mass is 9.96. The Morgan fingerprint density at radius 3 is 2.59 bits per heavy atom. The standard InChI is InChI=1S/C32H36ClN5O6/c1-18-20(7-6-10-24(18)35-29(40)23-16-37(2)32(42)38(3)31(23)41)21-8-5-9-22(28(21)33)25-12-11-19(30(36-25)43-4)15-34-26-13-14-44-17-27(26)39/h5-12,23,26-27,34,39H,13-17H2,1-4H3,(H,35,40)/t23?,26-,27+/m0/s1. The summed E-state index contributed by atoms with van der Waals surface area (Å²) >= 11 is 7.00. The lowest BCUT2D eigenvalue weighted by Crippen LogP contribution is -2.56. The third kappa shape index (κ3) is 6.27. The van der Waals surface area contributed by atoms with Crippen molar-refractivity contribution in [3.05, 3.63) is 64.7 Å². The molecule has 3 heterocycles. The van der Waals surface area contributed by atoms with Crippen molar-refractivity contribution in [3.8, 4) is 28.3 Å². The van der Waals surface area contributed by atoms with Crippen LogP contribution in [0.1, 0.15) is 17.5 Å². The fourth-order valence-electron chi connectivity index (χ4n) is 5.56. The van der Waals surface area contributed by atoms with Gasteiger partial charge in [-0.1, -0.05) is 48.0 Å². The maximum absolute atomic E-state index is 13.2. The molecule has 11 nitrogen and oxygen atoms in total. The predicted octanol–water partition coefficient (Wildman–Crippen LogP) is 3.70. The van der Waals surface area contributed by atoms with Crippen LogP contribution in [0.3, 0.4) is 0 Å². The van der Waals surface area contributed by atoms with E-state index in [9.17, 15) is 19.5 Å². The Kier molecular flexibility index (Phi) is 9.50. The van der Waals surface area contributed by atoms with E-state index < -0.39 is 29.9 Å². The first-order chi connectivity index (χ1) is 21.1. The van der Waals surface area contributed by atoms with Crippen LogP contribution in [0.25, 0.3) is 22.4 Å². The largest absolute Gasteiger partial charge is 0.481 e. The SMILES string of the molecule is COc1nc(-c2cccc(-c3cccc(NC(=O)C4CN(C)C(=O)N(C)C4=O)c3C)c2Cl)ccc1CN[C@H]1CCOC[C@H]1O. The zero-order valence-electron chi connectivity index (χ0n) is 25.1. The second-order valence-corrected chi connectivity index (χ2v) is 11.4. The number of aliphatic hydroxyl groups is 1. The van der Waals surface area contributed by atoms with Gasteiger partial charge in [0.05, 0.1) is 30.5 Å². The van der Waals surface area contributed by atoms with Crippen molar-refractivity contribution in [2.75, 3.05) is 46.3 Å². The number of pyridine rings is 1. The van der Waals surface area contributed by atoms with E-state index in [4.69, 9.17) is 26.1 Å². The Labute approximate surface area is 261 Å². The number of carbonyl (C=O) groups excluding carboxylic acids is 3. The average Bonchev–Trinajstić information content (AvgIpc) is 3.02. The summed E-state index contributed by atoms with van der Waals surface area (Å²) in [6, 6.07) is 14.5. The van der Waals surface area contributed by atoms with E-state index in [0.29, 0.717) is 47.6 Å². The molecule has 1 unspecified atom stereocenters. The molecule has 12 heteroatoms. The highest BCUT2D eigenvalue weighted by Crippen LogP contribution is 2.39. The predicted molar refractivity (Wildman–Crippen MR) is 166 cm³/mol. The molecule has 3 atom stereocenters. The minimum absolute atomic E-state index is 0.00324. The van der Waals surface area contributed by atoms with Gasteiger partial charge in [0, 0.05) is 62.2 Å². The van der Waals surface area contributed by atoms with Crippen molar-refractivity contribution in [2.45, 2.75) is 32.0 Å². The van der Waals surface area contributed by atoms with E-state index in [0.717, 1.165) is 33.6 Å². The molecule has 1 aromatic heterocycles. The monoisotopic (exact) mass is 621 g/mol. The first kappa shape index (κ1) is 31.4. The maximum atomic E-state index is 13.2. The van der Waals surface area contributed by atoms with Crippen LogP contribution in [0.15, 0.2) is 48.5 Å². The molecule has 3 N–H and O–H groups in total. The summed E-state index contributed by atoms with van der Waals surface area (Å²) in [6.07, 6.45) is 0.151. The van der Waals surface area contributed by atoms with Crippen LogP contribution in [0.4, 0.5) is 10.5 Å². The van der Waals surface area contributed by atoms with Gasteiger partial charge in [-0.25, -0.2) is 9.78 Å². The van der Waals surface area contributed by atoms with E-state index >= 15 is 0 Å². The number of carbonyl (C=O) groups is 3. The van der Waals surface area contributed by atoms with Gasteiger partial charge in [-0.05, 0) is 36.6 Å². The lowest BCUT2D eigenvalue weighted by molar-refractivity contribution is -0.140. The molecule has 0 spiro atoms. The van der Waals surface area contributed by atoms with Crippen LogP contribution in [-0.2, 0) is 20.9 Å². The Balaban J connectivity index is 1.38. The zero-order valence-corrected chi connectivity index (χ0v) is 25.9. The summed E-state index contributed by atoms with van der Waals surface area (Å²) < 4.78 is 10.9. The second-order valence-electron chi connectivity index (χ2n) is 11.0. The van der Waals surface area contributed by atoms with Gasteiger partial charge in [0.15, 0.2) is 0 Å². The summed E-state index contributed by atoms with van der Waals surface area (Å²) in [7, 11) is 4.49. The molecule has 2 saturated heterocycles. The Hall–Kier alpha value is -4.03. The van der Waals surface area contributed by atoms with Gasteiger partial charge in [-0.3, -0.25) is 14.5 Å². The molecule has 0 radical (unpaired) electrons. The van der Waals surface area contributed by atoms with Crippen molar-refractivity contribution in [2.24, 2.45) is 5.92 Å². The summed E-state index contributed by atoms with van der Waals surface area (Å²) in [5.41, 5.74) is 5.04. The maximum Gasteiger partial charge on any atom is 0.326 e. The van der Waals surface area contributed by atoms with Crippen LogP contribution >= 0.6 is 11.6 Å². The molecule has 44 heavy (non-hydrogen) atoms. The number of urea groups is 1. The number of anilines is 1. The number of aromatic nitrogens is 1. The summed E-state index contributed by atoms with van der Waals surface area (Å²) in [5, 5.41) is 16.9. The number of amides is 4. The minimum atomic E-state index is -1.02. The number of imide groups is 1. The molecule has 2 aromatic carbocycles. The van der Waals surface area contributed by atoms with Crippen LogP contribution in [0, 0.1) is 12.8 Å². The van der Waals surface area contributed by atoms with E-state index in [1.807, 2.05) is 49.4 Å². The molecule has 232 valence electrons. The number of nitrogens with zero attached hydrogens (tertiary/aromatic N) is 3. The summed E-state index contributed by atoms with van der Waals surface area (Å²) in [5.74, 6) is -1.59. The van der Waals surface area contributed by atoms with Gasteiger partial charge in [-0.2, -0.15) is 0 Å². The van der Waals surface area contributed by atoms with Gasteiger partial charge in [-0.15, -0.1) is 0 Å². The first-order valence-electron chi connectivity index (χ1n) is 14.4. The number of benzene rings is 2. The van der Waals surface area contributed by atoms with Crippen molar-refractivity contribution < 1.29 is 29.0 Å². The van der Waals surface area contributed by atoms with Crippen LogP contribution in [-0.4, -0.2) is 90.8 Å². The number of hydrogen-bond acceptors (Lipinski definition) is 8. The Bertz CT molecular complexity index is 1580. The van der Waals surface area contributed by atoms with Gasteiger partial charge in [0.25, 0.3) is 0 Å². The third-order valence-corrected chi connectivity index (χ3v) is 8.59. The number of ether oxygens (including phenoxy) is 2. The van der Waals surface area contributed by atoms with E-state index in [1.165, 1.54) is 11.9 Å². The number of methoxy groups -OCH3 is 1. The smallest absolute Gasteiger partial charge is 0.326 e. The van der Waals surface area contributed by atoms with Crippen molar-refractivity contribution in [1.29, 1.82) is 0 Å². The molecule has 4 amide bonds. The molecule has 5 rings (SSSR count). The third-order valence-electron chi connectivity index (χ3n) is 8.18. The van der Waals surface area contributed by atoms with Crippen molar-refractivity contribution in [3.63, 3.8) is 0 Å². The molecule has 0 aliphatic carbocycles.